The summed E-state index contributed by atoms with van der Waals surface area (Å²) in [4.78, 5) is 16.0. The number of aromatic nitrogens is 1. The lowest BCUT2D eigenvalue weighted by Gasteiger charge is -2.19. The minimum Gasteiger partial charge on any atom is -0.345 e. The van der Waals surface area contributed by atoms with E-state index in [-0.39, 0.29) is 11.9 Å². The first-order chi connectivity index (χ1) is 9.81. The highest BCUT2D eigenvalue weighted by atomic mass is 16.1. The van der Waals surface area contributed by atoms with Gasteiger partial charge in [-0.15, -0.1) is 0 Å². The highest BCUT2D eigenvalue weighted by Gasteiger charge is 2.16. The maximum atomic E-state index is 12.0. The third-order valence-electron chi connectivity index (χ3n) is 3.08. The van der Waals surface area contributed by atoms with E-state index in [4.69, 9.17) is 0 Å². The lowest BCUT2D eigenvalue weighted by molar-refractivity contribution is -0.121. The number of carbonyl (C=O) groups excluding carboxylic acids is 1. The summed E-state index contributed by atoms with van der Waals surface area (Å²) in [7, 11) is 1.84. The van der Waals surface area contributed by atoms with Crippen LogP contribution in [-0.4, -0.2) is 24.5 Å². The van der Waals surface area contributed by atoms with Crippen molar-refractivity contribution < 1.29 is 4.79 Å². The third kappa shape index (κ3) is 3.90. The van der Waals surface area contributed by atoms with E-state index in [1.54, 1.807) is 12.4 Å². The number of carbonyl (C=O) groups is 1. The number of rotatable bonds is 6. The molecule has 1 aromatic carbocycles. The zero-order valence-corrected chi connectivity index (χ0v) is 11.5. The van der Waals surface area contributed by atoms with E-state index in [1.165, 1.54) is 0 Å². The Morgan fingerprint density at radius 1 is 1.10 bits per heavy atom. The molecule has 1 amide bonds. The third-order valence-corrected chi connectivity index (χ3v) is 3.08. The molecule has 2 rings (SSSR count). The van der Waals surface area contributed by atoms with E-state index >= 15 is 0 Å². The summed E-state index contributed by atoms with van der Waals surface area (Å²) in [6, 6.07) is 13.7. The van der Waals surface area contributed by atoms with Gasteiger partial charge in [-0.1, -0.05) is 30.3 Å². The second-order valence-electron chi connectivity index (χ2n) is 4.55. The van der Waals surface area contributed by atoms with E-state index in [2.05, 4.69) is 15.6 Å². The Morgan fingerprint density at radius 2 is 1.75 bits per heavy atom. The van der Waals surface area contributed by atoms with Gasteiger partial charge in [0.2, 0.25) is 5.91 Å². The van der Waals surface area contributed by atoms with Crippen molar-refractivity contribution in [1.29, 1.82) is 0 Å². The van der Waals surface area contributed by atoms with Gasteiger partial charge in [-0.2, -0.15) is 0 Å². The Morgan fingerprint density at radius 3 is 2.40 bits per heavy atom. The Kier molecular flexibility index (Phi) is 5.26. The van der Waals surface area contributed by atoms with Crippen LogP contribution >= 0.6 is 0 Å². The van der Waals surface area contributed by atoms with Crippen LogP contribution in [0.2, 0.25) is 0 Å². The lowest BCUT2D eigenvalue weighted by atomic mass is 9.99. The SMILES string of the molecule is CNCCC(=O)NC(c1ccccc1)c1ccncc1. The largest absolute Gasteiger partial charge is 0.345 e. The van der Waals surface area contributed by atoms with E-state index in [0.717, 1.165) is 11.1 Å². The van der Waals surface area contributed by atoms with Crippen molar-refractivity contribution in [1.82, 2.24) is 15.6 Å². The van der Waals surface area contributed by atoms with Crippen LogP contribution in [-0.2, 0) is 4.79 Å². The van der Waals surface area contributed by atoms with Gasteiger partial charge in [-0.25, -0.2) is 0 Å². The van der Waals surface area contributed by atoms with Gasteiger partial charge in [-0.3, -0.25) is 9.78 Å². The topological polar surface area (TPSA) is 54.0 Å². The Labute approximate surface area is 119 Å². The molecule has 0 radical (unpaired) electrons. The first-order valence-corrected chi connectivity index (χ1v) is 6.70. The molecule has 0 saturated heterocycles. The molecule has 1 unspecified atom stereocenters. The van der Waals surface area contributed by atoms with Crippen LogP contribution < -0.4 is 10.6 Å². The molecule has 0 aliphatic heterocycles. The summed E-state index contributed by atoms with van der Waals surface area (Å²) in [5, 5.41) is 6.06. The molecular weight excluding hydrogens is 250 g/mol. The van der Waals surface area contributed by atoms with Gasteiger partial charge in [0.05, 0.1) is 6.04 Å². The average Bonchev–Trinajstić information content (AvgIpc) is 2.52. The molecule has 0 bridgehead atoms. The van der Waals surface area contributed by atoms with Crippen LogP contribution in [0.4, 0.5) is 0 Å². The Balaban J connectivity index is 2.19. The van der Waals surface area contributed by atoms with Crippen LogP contribution in [0.1, 0.15) is 23.6 Å². The Hall–Kier alpha value is -2.20. The zero-order chi connectivity index (χ0) is 14.2. The highest BCUT2D eigenvalue weighted by Crippen LogP contribution is 2.21. The van der Waals surface area contributed by atoms with Crippen molar-refractivity contribution in [3.05, 3.63) is 66.0 Å². The number of pyridine rings is 1. The molecule has 104 valence electrons. The molecular formula is C16H19N3O. The fraction of sp³-hybridized carbons (Fsp3) is 0.250. The fourth-order valence-electron chi connectivity index (χ4n) is 2.03. The maximum absolute atomic E-state index is 12.0. The van der Waals surface area contributed by atoms with Crippen molar-refractivity contribution in [3.63, 3.8) is 0 Å². The monoisotopic (exact) mass is 269 g/mol. The van der Waals surface area contributed by atoms with Crippen molar-refractivity contribution in [2.75, 3.05) is 13.6 Å². The summed E-state index contributed by atoms with van der Waals surface area (Å²) in [5.74, 6) is 0.0324. The molecule has 1 atom stereocenters. The first kappa shape index (κ1) is 14.2. The van der Waals surface area contributed by atoms with Gasteiger partial charge in [0.25, 0.3) is 0 Å². The predicted molar refractivity (Wildman–Crippen MR) is 79.2 cm³/mol. The number of amides is 1. The quantitative estimate of drug-likeness (QED) is 0.842. The molecule has 0 spiro atoms. The van der Waals surface area contributed by atoms with Crippen LogP contribution in [0.3, 0.4) is 0 Å². The maximum Gasteiger partial charge on any atom is 0.222 e. The number of hydrogen-bond acceptors (Lipinski definition) is 3. The second-order valence-corrected chi connectivity index (χ2v) is 4.55. The summed E-state index contributed by atoms with van der Waals surface area (Å²) in [6.45, 7) is 0.670. The van der Waals surface area contributed by atoms with Crippen LogP contribution in [0, 0.1) is 0 Å². The van der Waals surface area contributed by atoms with Gasteiger partial charge in [0, 0.05) is 25.4 Å². The van der Waals surface area contributed by atoms with Gasteiger partial charge in [-0.05, 0) is 30.3 Å². The summed E-state index contributed by atoms with van der Waals surface area (Å²) < 4.78 is 0. The summed E-state index contributed by atoms with van der Waals surface area (Å²) in [5.41, 5.74) is 2.10. The predicted octanol–water partition coefficient (Wildman–Crippen LogP) is 1.90. The van der Waals surface area contributed by atoms with Crippen molar-refractivity contribution in [3.8, 4) is 0 Å². The van der Waals surface area contributed by atoms with E-state index < -0.39 is 0 Å². The van der Waals surface area contributed by atoms with Gasteiger partial charge in [0.1, 0.15) is 0 Å². The Bertz CT molecular complexity index is 488. The van der Waals surface area contributed by atoms with E-state index in [9.17, 15) is 4.79 Å². The molecule has 1 heterocycles. The van der Waals surface area contributed by atoms with Crippen molar-refractivity contribution in [2.45, 2.75) is 12.5 Å². The zero-order valence-electron chi connectivity index (χ0n) is 11.5. The number of hydrogen-bond donors (Lipinski definition) is 2. The van der Waals surface area contributed by atoms with Gasteiger partial charge in [0.15, 0.2) is 0 Å². The van der Waals surface area contributed by atoms with Crippen molar-refractivity contribution >= 4 is 5.91 Å². The molecule has 20 heavy (non-hydrogen) atoms. The average molecular weight is 269 g/mol. The highest BCUT2D eigenvalue weighted by molar-refractivity contribution is 5.77. The molecule has 4 nitrogen and oxygen atoms in total. The molecule has 0 saturated carbocycles. The smallest absolute Gasteiger partial charge is 0.222 e. The van der Waals surface area contributed by atoms with Gasteiger partial charge >= 0.3 is 0 Å². The van der Waals surface area contributed by atoms with Crippen LogP contribution in [0.25, 0.3) is 0 Å². The second kappa shape index (κ2) is 7.40. The normalized spacial score (nSPS) is 11.8. The molecule has 0 aliphatic rings. The molecule has 1 aromatic heterocycles. The minimum atomic E-state index is -0.136. The number of nitrogens with one attached hydrogen (secondary N) is 2. The molecule has 2 aromatic rings. The minimum absolute atomic E-state index is 0.0324. The van der Waals surface area contributed by atoms with E-state index in [1.807, 2.05) is 49.5 Å². The molecule has 0 fully saturated rings. The molecule has 0 aliphatic carbocycles. The van der Waals surface area contributed by atoms with Crippen LogP contribution in [0.15, 0.2) is 54.9 Å². The summed E-state index contributed by atoms with van der Waals surface area (Å²) in [6.07, 6.45) is 3.95. The van der Waals surface area contributed by atoms with Crippen molar-refractivity contribution in [2.24, 2.45) is 0 Å². The molecule has 4 heteroatoms. The molecule has 2 N–H and O–H groups in total. The first-order valence-electron chi connectivity index (χ1n) is 6.70. The van der Waals surface area contributed by atoms with Crippen LogP contribution in [0.5, 0.6) is 0 Å². The van der Waals surface area contributed by atoms with E-state index in [0.29, 0.717) is 13.0 Å². The van der Waals surface area contributed by atoms with Gasteiger partial charge < -0.3 is 10.6 Å². The lowest BCUT2D eigenvalue weighted by Crippen LogP contribution is -2.31. The standard InChI is InChI=1S/C16H19N3O/c1-17-10-9-15(20)19-16(13-5-3-2-4-6-13)14-7-11-18-12-8-14/h2-8,11-12,16-17H,9-10H2,1H3,(H,19,20). The number of nitrogens with zero attached hydrogens (tertiary/aromatic N) is 1. The summed E-state index contributed by atoms with van der Waals surface area (Å²) >= 11 is 0. The fourth-order valence-corrected chi connectivity index (χ4v) is 2.03. The number of benzene rings is 1.